The van der Waals surface area contributed by atoms with Crippen LogP contribution in [0.3, 0.4) is 0 Å². The fraction of sp³-hybridized carbons (Fsp3) is 0.333. The Morgan fingerprint density at radius 2 is 2.33 bits per heavy atom. The van der Waals surface area contributed by atoms with Crippen molar-refractivity contribution in [3.05, 3.63) is 41.0 Å². The number of nitriles is 1. The molecular weight excluding hydrogens is 278 g/mol. The fourth-order valence-electron chi connectivity index (χ4n) is 2.04. The maximum absolute atomic E-state index is 13.5. The predicted molar refractivity (Wildman–Crippen MR) is 71.9 cm³/mol. The Morgan fingerprint density at radius 1 is 1.52 bits per heavy atom. The maximum Gasteiger partial charge on any atom is 0.262 e. The molecule has 110 valence electrons. The molecule has 1 amide bonds. The standard InChI is InChI=1S/C15H14F2N2O2/c16-13-5-1-3-10(14(13)17)7-11(8-18)15(20)19-9-12-4-2-6-21-12/h1,3,5,7,12H,2,4,6,9H2,(H,19,20)/b11-7-/t12-/m1/s1. The minimum Gasteiger partial charge on any atom is -0.376 e. The van der Waals surface area contributed by atoms with E-state index in [1.165, 1.54) is 12.1 Å². The molecule has 0 unspecified atom stereocenters. The van der Waals surface area contributed by atoms with Crippen molar-refractivity contribution in [3.63, 3.8) is 0 Å². The smallest absolute Gasteiger partial charge is 0.262 e. The van der Waals surface area contributed by atoms with Crippen LogP contribution in [0.4, 0.5) is 8.78 Å². The summed E-state index contributed by atoms with van der Waals surface area (Å²) in [5.74, 6) is -2.74. The van der Waals surface area contributed by atoms with Crippen LogP contribution in [0.2, 0.25) is 0 Å². The molecule has 21 heavy (non-hydrogen) atoms. The molecule has 2 rings (SSSR count). The van der Waals surface area contributed by atoms with E-state index < -0.39 is 17.5 Å². The van der Waals surface area contributed by atoms with Gasteiger partial charge in [-0.25, -0.2) is 8.78 Å². The van der Waals surface area contributed by atoms with Crippen molar-refractivity contribution in [1.29, 1.82) is 5.26 Å². The van der Waals surface area contributed by atoms with Crippen molar-refractivity contribution in [2.24, 2.45) is 0 Å². The zero-order valence-corrected chi connectivity index (χ0v) is 11.2. The normalized spacial score (nSPS) is 18.3. The van der Waals surface area contributed by atoms with Gasteiger partial charge in [-0.2, -0.15) is 5.26 Å². The first-order valence-corrected chi connectivity index (χ1v) is 6.57. The highest BCUT2D eigenvalue weighted by Crippen LogP contribution is 2.15. The van der Waals surface area contributed by atoms with Gasteiger partial charge in [-0.1, -0.05) is 12.1 Å². The van der Waals surface area contributed by atoms with Crippen LogP contribution in [0, 0.1) is 23.0 Å². The molecule has 1 aromatic rings. The minimum atomic E-state index is -1.09. The molecule has 0 radical (unpaired) electrons. The van der Waals surface area contributed by atoms with Crippen LogP contribution in [-0.4, -0.2) is 25.2 Å². The number of hydrogen-bond donors (Lipinski definition) is 1. The van der Waals surface area contributed by atoms with Gasteiger partial charge in [-0.3, -0.25) is 4.79 Å². The average molecular weight is 292 g/mol. The Bertz CT molecular complexity index is 602. The van der Waals surface area contributed by atoms with Crippen LogP contribution in [0.1, 0.15) is 18.4 Å². The van der Waals surface area contributed by atoms with Crippen molar-refractivity contribution in [2.75, 3.05) is 13.2 Å². The molecule has 1 aromatic carbocycles. The minimum absolute atomic E-state index is 0.0557. The monoisotopic (exact) mass is 292 g/mol. The first kappa shape index (κ1) is 15.1. The van der Waals surface area contributed by atoms with Gasteiger partial charge in [0.25, 0.3) is 5.91 Å². The lowest BCUT2D eigenvalue weighted by atomic mass is 10.1. The number of amides is 1. The van der Waals surface area contributed by atoms with Gasteiger partial charge in [-0.05, 0) is 25.0 Å². The molecule has 0 aromatic heterocycles. The van der Waals surface area contributed by atoms with E-state index >= 15 is 0 Å². The second kappa shape index (κ2) is 6.95. The second-order valence-corrected chi connectivity index (χ2v) is 4.66. The molecular formula is C15H14F2N2O2. The van der Waals surface area contributed by atoms with Crippen molar-refractivity contribution in [3.8, 4) is 6.07 Å². The summed E-state index contributed by atoms with van der Waals surface area (Å²) in [6.07, 6.45) is 2.77. The van der Waals surface area contributed by atoms with Crippen molar-refractivity contribution in [2.45, 2.75) is 18.9 Å². The Hall–Kier alpha value is -2.26. The van der Waals surface area contributed by atoms with Gasteiger partial charge >= 0.3 is 0 Å². The highest BCUT2D eigenvalue weighted by atomic mass is 19.2. The quantitative estimate of drug-likeness (QED) is 0.683. The number of benzene rings is 1. The van der Waals surface area contributed by atoms with E-state index in [4.69, 9.17) is 10.00 Å². The van der Waals surface area contributed by atoms with Crippen LogP contribution < -0.4 is 5.32 Å². The van der Waals surface area contributed by atoms with Crippen LogP contribution in [-0.2, 0) is 9.53 Å². The number of hydrogen-bond acceptors (Lipinski definition) is 3. The molecule has 1 aliphatic heterocycles. The molecule has 1 fully saturated rings. The highest BCUT2D eigenvalue weighted by Gasteiger charge is 2.18. The number of rotatable bonds is 4. The average Bonchev–Trinajstić information content (AvgIpc) is 2.99. The predicted octanol–water partition coefficient (Wildman–Crippen LogP) is 2.17. The van der Waals surface area contributed by atoms with Gasteiger partial charge in [0.2, 0.25) is 0 Å². The van der Waals surface area contributed by atoms with Gasteiger partial charge in [0.05, 0.1) is 6.10 Å². The Morgan fingerprint density at radius 3 is 3.00 bits per heavy atom. The fourth-order valence-corrected chi connectivity index (χ4v) is 2.04. The molecule has 1 heterocycles. The molecule has 0 spiro atoms. The summed E-state index contributed by atoms with van der Waals surface area (Å²) in [5, 5.41) is 11.5. The van der Waals surface area contributed by atoms with E-state index in [2.05, 4.69) is 5.32 Å². The third-order valence-electron chi connectivity index (χ3n) is 3.16. The van der Waals surface area contributed by atoms with Crippen LogP contribution in [0.15, 0.2) is 23.8 Å². The summed E-state index contributed by atoms with van der Waals surface area (Å²) in [6.45, 7) is 0.958. The third-order valence-corrected chi connectivity index (χ3v) is 3.16. The van der Waals surface area contributed by atoms with Crippen molar-refractivity contribution < 1.29 is 18.3 Å². The second-order valence-electron chi connectivity index (χ2n) is 4.66. The van der Waals surface area contributed by atoms with E-state index in [-0.39, 0.29) is 17.2 Å². The Kier molecular flexibility index (Phi) is 5.01. The molecule has 0 bridgehead atoms. The molecule has 1 aliphatic rings. The van der Waals surface area contributed by atoms with E-state index in [1.54, 1.807) is 6.07 Å². The van der Waals surface area contributed by atoms with Crippen LogP contribution in [0.25, 0.3) is 6.08 Å². The zero-order chi connectivity index (χ0) is 15.2. The number of ether oxygens (including phenoxy) is 1. The van der Waals surface area contributed by atoms with Gasteiger partial charge in [0, 0.05) is 18.7 Å². The van der Waals surface area contributed by atoms with E-state index in [0.717, 1.165) is 25.0 Å². The first-order chi connectivity index (χ1) is 10.1. The maximum atomic E-state index is 13.5. The van der Waals surface area contributed by atoms with Crippen molar-refractivity contribution in [1.82, 2.24) is 5.32 Å². The highest BCUT2D eigenvalue weighted by molar-refractivity contribution is 6.01. The molecule has 1 N–H and O–H groups in total. The number of carbonyl (C=O) groups is 1. The number of carbonyl (C=O) groups excluding carboxylic acids is 1. The van der Waals surface area contributed by atoms with E-state index in [0.29, 0.717) is 13.2 Å². The number of halogens is 2. The zero-order valence-electron chi connectivity index (χ0n) is 11.2. The van der Waals surface area contributed by atoms with Crippen LogP contribution >= 0.6 is 0 Å². The lowest BCUT2D eigenvalue weighted by molar-refractivity contribution is -0.117. The Labute approximate surface area is 121 Å². The Balaban J connectivity index is 2.07. The van der Waals surface area contributed by atoms with Gasteiger partial charge in [0.15, 0.2) is 11.6 Å². The third kappa shape index (κ3) is 3.86. The van der Waals surface area contributed by atoms with Crippen molar-refractivity contribution >= 4 is 12.0 Å². The summed E-state index contributed by atoms with van der Waals surface area (Å²) in [6, 6.07) is 5.26. The lowest BCUT2D eigenvalue weighted by Crippen LogP contribution is -2.32. The summed E-state index contributed by atoms with van der Waals surface area (Å²) < 4.78 is 31.9. The SMILES string of the molecule is N#C/C(=C/c1cccc(F)c1F)C(=O)NC[C@H]1CCCO1. The summed E-state index contributed by atoms with van der Waals surface area (Å²) >= 11 is 0. The molecule has 0 saturated carbocycles. The molecule has 6 heteroatoms. The van der Waals surface area contributed by atoms with Gasteiger partial charge in [0.1, 0.15) is 11.6 Å². The molecule has 0 aliphatic carbocycles. The van der Waals surface area contributed by atoms with Gasteiger partial charge < -0.3 is 10.1 Å². The topological polar surface area (TPSA) is 62.1 Å². The first-order valence-electron chi connectivity index (χ1n) is 6.57. The van der Waals surface area contributed by atoms with E-state index in [9.17, 15) is 13.6 Å². The molecule has 1 atom stereocenters. The summed E-state index contributed by atoms with van der Waals surface area (Å²) in [4.78, 5) is 11.9. The lowest BCUT2D eigenvalue weighted by Gasteiger charge is -2.10. The van der Waals surface area contributed by atoms with Crippen LogP contribution in [0.5, 0.6) is 0 Å². The number of nitrogens with one attached hydrogen (secondary N) is 1. The van der Waals surface area contributed by atoms with Gasteiger partial charge in [-0.15, -0.1) is 0 Å². The molecule has 4 nitrogen and oxygen atoms in total. The summed E-state index contributed by atoms with van der Waals surface area (Å²) in [5.41, 5.74) is -0.420. The summed E-state index contributed by atoms with van der Waals surface area (Å²) in [7, 11) is 0. The molecule has 1 saturated heterocycles. The largest absolute Gasteiger partial charge is 0.376 e. The number of nitrogens with zero attached hydrogens (tertiary/aromatic N) is 1. The van der Waals surface area contributed by atoms with E-state index in [1.807, 2.05) is 0 Å².